The van der Waals surface area contributed by atoms with Crippen molar-refractivity contribution in [1.82, 2.24) is 4.72 Å². The smallest absolute Gasteiger partial charge is 0.240 e. The van der Waals surface area contributed by atoms with Gasteiger partial charge >= 0.3 is 0 Å². The zero-order chi connectivity index (χ0) is 19.2. The maximum absolute atomic E-state index is 12.8. The van der Waals surface area contributed by atoms with Crippen LogP contribution in [0.4, 0.5) is 5.69 Å². The van der Waals surface area contributed by atoms with Crippen LogP contribution in [-0.2, 0) is 26.8 Å². The van der Waals surface area contributed by atoms with Crippen molar-refractivity contribution >= 4 is 21.6 Å². The molecule has 1 fully saturated rings. The first-order chi connectivity index (χ1) is 12.8. The van der Waals surface area contributed by atoms with Crippen molar-refractivity contribution in [2.24, 2.45) is 5.92 Å². The number of benzene rings is 2. The molecule has 0 bridgehead atoms. The molecule has 27 heavy (non-hydrogen) atoms. The molecular formula is C21H24N2O3S. The summed E-state index contributed by atoms with van der Waals surface area (Å²) in [6.45, 7) is 4.95. The summed E-state index contributed by atoms with van der Waals surface area (Å²) in [5.41, 5.74) is 2.40. The minimum absolute atomic E-state index is 0.141. The second kappa shape index (κ2) is 6.46. The fourth-order valence-corrected chi connectivity index (χ4v) is 4.67. The Morgan fingerprint density at radius 1 is 1.15 bits per heavy atom. The molecular weight excluding hydrogens is 360 g/mol. The largest absolute Gasteiger partial charge is 0.311 e. The second-order valence-electron chi connectivity index (χ2n) is 8.07. The van der Waals surface area contributed by atoms with Gasteiger partial charge in [0, 0.05) is 30.1 Å². The highest BCUT2D eigenvalue weighted by molar-refractivity contribution is 7.89. The van der Waals surface area contributed by atoms with Crippen molar-refractivity contribution < 1.29 is 13.2 Å². The van der Waals surface area contributed by atoms with Crippen LogP contribution in [0.3, 0.4) is 0 Å². The van der Waals surface area contributed by atoms with Gasteiger partial charge in [-0.15, -0.1) is 0 Å². The molecule has 2 aliphatic rings. The summed E-state index contributed by atoms with van der Waals surface area (Å²) in [6.07, 6.45) is 1.92. The summed E-state index contributed by atoms with van der Waals surface area (Å²) >= 11 is 0. The average Bonchev–Trinajstić information content (AvgIpc) is 3.46. The lowest BCUT2D eigenvalue weighted by Gasteiger charge is -2.20. The minimum Gasteiger partial charge on any atom is -0.311 e. The number of amides is 1. The normalized spacial score (nSPS) is 18.4. The summed E-state index contributed by atoms with van der Waals surface area (Å²) in [5.74, 6) is 0.308. The molecule has 142 valence electrons. The molecule has 1 amide bonds. The number of anilines is 1. The fraction of sp³-hybridized carbons (Fsp3) is 0.381. The summed E-state index contributed by atoms with van der Waals surface area (Å²) in [4.78, 5) is 14.7. The Bertz CT molecular complexity index is 980. The lowest BCUT2D eigenvalue weighted by atomic mass is 9.87. The summed E-state index contributed by atoms with van der Waals surface area (Å²) in [5, 5.41) is 0. The van der Waals surface area contributed by atoms with E-state index >= 15 is 0 Å². The van der Waals surface area contributed by atoms with Crippen LogP contribution in [0.25, 0.3) is 0 Å². The number of carbonyl (C=O) groups is 1. The number of rotatable bonds is 5. The molecule has 1 aliphatic carbocycles. The van der Waals surface area contributed by atoms with Crippen LogP contribution in [0.1, 0.15) is 37.8 Å². The molecule has 6 heteroatoms. The number of nitrogens with zero attached hydrogens (tertiary/aromatic N) is 1. The number of fused-ring (bicyclic) bond motifs is 1. The molecule has 2 aromatic carbocycles. The molecule has 4 rings (SSSR count). The van der Waals surface area contributed by atoms with E-state index in [2.05, 4.69) is 18.6 Å². The van der Waals surface area contributed by atoms with E-state index in [-0.39, 0.29) is 28.7 Å². The van der Waals surface area contributed by atoms with Gasteiger partial charge in [0.2, 0.25) is 15.9 Å². The van der Waals surface area contributed by atoms with Gasteiger partial charge in [0.25, 0.3) is 0 Å². The van der Waals surface area contributed by atoms with Gasteiger partial charge in [-0.2, -0.15) is 0 Å². The van der Waals surface area contributed by atoms with Crippen molar-refractivity contribution in [2.45, 2.75) is 43.5 Å². The summed E-state index contributed by atoms with van der Waals surface area (Å²) in [7, 11) is -3.63. The van der Waals surface area contributed by atoms with E-state index < -0.39 is 10.0 Å². The number of hydrogen-bond donors (Lipinski definition) is 1. The van der Waals surface area contributed by atoms with Gasteiger partial charge in [-0.05, 0) is 42.2 Å². The van der Waals surface area contributed by atoms with E-state index in [4.69, 9.17) is 0 Å². The standard InChI is InChI=1S/C21H24N2O3S/c1-21(2)14-23(20(24)16-8-9-16)19-11-10-17(12-18(19)21)27(25,26)22-13-15-6-4-3-5-7-15/h3-7,10-12,16,22H,8-9,13-14H2,1-2H3. The third-order valence-electron chi connectivity index (χ3n) is 5.35. The van der Waals surface area contributed by atoms with Gasteiger partial charge < -0.3 is 4.90 Å². The van der Waals surface area contributed by atoms with Crippen molar-refractivity contribution in [3.63, 3.8) is 0 Å². The molecule has 1 aliphatic heterocycles. The highest BCUT2D eigenvalue weighted by Gasteiger charge is 2.43. The van der Waals surface area contributed by atoms with Gasteiger partial charge in [0.05, 0.1) is 4.90 Å². The fourth-order valence-electron chi connectivity index (χ4n) is 3.63. The molecule has 0 atom stereocenters. The Morgan fingerprint density at radius 3 is 2.52 bits per heavy atom. The minimum atomic E-state index is -3.63. The lowest BCUT2D eigenvalue weighted by molar-refractivity contribution is -0.119. The zero-order valence-corrected chi connectivity index (χ0v) is 16.4. The van der Waals surface area contributed by atoms with E-state index in [9.17, 15) is 13.2 Å². The maximum atomic E-state index is 12.8. The first-order valence-electron chi connectivity index (χ1n) is 9.27. The molecule has 1 heterocycles. The van der Waals surface area contributed by atoms with E-state index in [0.29, 0.717) is 6.54 Å². The van der Waals surface area contributed by atoms with E-state index in [1.807, 2.05) is 35.2 Å². The Balaban J connectivity index is 1.61. The van der Waals surface area contributed by atoms with Crippen LogP contribution >= 0.6 is 0 Å². The monoisotopic (exact) mass is 384 g/mol. The summed E-state index contributed by atoms with van der Waals surface area (Å²) in [6, 6.07) is 14.5. The number of nitrogens with one attached hydrogen (secondary N) is 1. The van der Waals surface area contributed by atoms with Crippen LogP contribution in [0.5, 0.6) is 0 Å². The maximum Gasteiger partial charge on any atom is 0.240 e. The molecule has 0 unspecified atom stereocenters. The van der Waals surface area contributed by atoms with Gasteiger partial charge in [0.1, 0.15) is 0 Å². The second-order valence-corrected chi connectivity index (χ2v) is 9.84. The number of sulfonamides is 1. The van der Waals surface area contributed by atoms with Gasteiger partial charge in [-0.25, -0.2) is 13.1 Å². The summed E-state index contributed by atoms with van der Waals surface area (Å²) < 4.78 is 28.2. The molecule has 1 N–H and O–H groups in total. The highest BCUT2D eigenvalue weighted by Crippen LogP contribution is 2.44. The topological polar surface area (TPSA) is 66.5 Å². The Hall–Kier alpha value is -2.18. The first kappa shape index (κ1) is 18.2. The van der Waals surface area contributed by atoms with Crippen molar-refractivity contribution in [1.29, 1.82) is 0 Å². The van der Waals surface area contributed by atoms with Gasteiger partial charge in [-0.3, -0.25) is 4.79 Å². The molecule has 0 radical (unpaired) electrons. The molecule has 5 nitrogen and oxygen atoms in total. The van der Waals surface area contributed by atoms with Crippen LogP contribution in [-0.4, -0.2) is 20.9 Å². The number of carbonyl (C=O) groups excluding carboxylic acids is 1. The predicted molar refractivity (Wildman–Crippen MR) is 105 cm³/mol. The predicted octanol–water partition coefficient (Wildman–Crippen LogP) is 3.20. The molecule has 0 saturated heterocycles. The van der Waals surface area contributed by atoms with Crippen molar-refractivity contribution in [3.05, 3.63) is 59.7 Å². The van der Waals surface area contributed by atoms with Crippen molar-refractivity contribution in [2.75, 3.05) is 11.4 Å². The highest BCUT2D eigenvalue weighted by atomic mass is 32.2. The molecule has 2 aromatic rings. The third-order valence-corrected chi connectivity index (χ3v) is 6.75. The average molecular weight is 385 g/mol. The first-order valence-corrected chi connectivity index (χ1v) is 10.8. The molecule has 0 aromatic heterocycles. The zero-order valence-electron chi connectivity index (χ0n) is 15.6. The van der Waals surface area contributed by atoms with E-state index in [0.717, 1.165) is 29.7 Å². The number of hydrogen-bond acceptors (Lipinski definition) is 3. The van der Waals surface area contributed by atoms with Crippen LogP contribution in [0, 0.1) is 5.92 Å². The van der Waals surface area contributed by atoms with Gasteiger partial charge in [0.15, 0.2) is 0 Å². The Labute approximate surface area is 160 Å². The van der Waals surface area contributed by atoms with E-state index in [1.54, 1.807) is 18.2 Å². The van der Waals surface area contributed by atoms with Crippen molar-refractivity contribution in [3.8, 4) is 0 Å². The Kier molecular flexibility index (Phi) is 4.35. The van der Waals surface area contributed by atoms with Crippen LogP contribution in [0.2, 0.25) is 0 Å². The molecule has 1 saturated carbocycles. The third kappa shape index (κ3) is 3.51. The van der Waals surface area contributed by atoms with Crippen LogP contribution in [0.15, 0.2) is 53.4 Å². The van der Waals surface area contributed by atoms with Gasteiger partial charge in [-0.1, -0.05) is 44.2 Å². The Morgan fingerprint density at radius 2 is 1.85 bits per heavy atom. The quantitative estimate of drug-likeness (QED) is 0.861. The molecule has 0 spiro atoms. The lowest BCUT2D eigenvalue weighted by Crippen LogP contribution is -2.34. The SMILES string of the molecule is CC1(C)CN(C(=O)C2CC2)c2ccc(S(=O)(=O)NCc3ccccc3)cc21. The van der Waals surface area contributed by atoms with Crippen LogP contribution < -0.4 is 9.62 Å². The van der Waals surface area contributed by atoms with E-state index in [1.165, 1.54) is 0 Å².